The molecule has 5 nitrogen and oxygen atoms in total. The van der Waals surface area contributed by atoms with Gasteiger partial charge in [-0.25, -0.2) is 15.0 Å². The fourth-order valence-electron chi connectivity index (χ4n) is 2.01. The van der Waals surface area contributed by atoms with Crippen LogP contribution in [0.15, 0.2) is 18.5 Å². The van der Waals surface area contributed by atoms with Crippen molar-refractivity contribution < 1.29 is 0 Å². The van der Waals surface area contributed by atoms with Gasteiger partial charge in [0.25, 0.3) is 0 Å². The second-order valence-corrected chi connectivity index (χ2v) is 4.38. The smallest absolute Gasteiger partial charge is 0.158 e. The molecule has 2 heterocycles. The number of nitrogens with one attached hydrogen (secondary N) is 1. The third kappa shape index (κ3) is 3.10. The first kappa shape index (κ1) is 13.5. The fraction of sp³-hybridized carbons (Fsp3) is 0.500. The Morgan fingerprint density at radius 2 is 2.05 bits per heavy atom. The van der Waals surface area contributed by atoms with Crippen LogP contribution in [0, 0.1) is 0 Å². The minimum atomic E-state index is 0.820. The first-order valence-electron chi connectivity index (χ1n) is 6.91. The predicted molar refractivity (Wildman–Crippen MR) is 77.1 cm³/mol. The van der Waals surface area contributed by atoms with Crippen molar-refractivity contribution in [3.8, 4) is 11.5 Å². The zero-order valence-electron chi connectivity index (χ0n) is 11.8. The maximum absolute atomic E-state index is 4.59. The van der Waals surface area contributed by atoms with Crippen LogP contribution in [0.4, 0.5) is 5.82 Å². The second-order valence-electron chi connectivity index (χ2n) is 4.38. The molecule has 2 rings (SSSR count). The van der Waals surface area contributed by atoms with E-state index in [4.69, 9.17) is 0 Å². The monoisotopic (exact) mass is 259 g/mol. The second kappa shape index (κ2) is 6.31. The van der Waals surface area contributed by atoms with Crippen molar-refractivity contribution in [2.24, 2.45) is 0 Å². The van der Waals surface area contributed by atoms with E-state index in [2.05, 4.69) is 45.6 Å². The van der Waals surface area contributed by atoms with Gasteiger partial charge in [-0.15, -0.1) is 0 Å². The predicted octanol–water partition coefficient (Wildman–Crippen LogP) is 2.74. The number of imidazole rings is 1. The molecule has 0 aliphatic carbocycles. The normalized spacial score (nSPS) is 10.7. The van der Waals surface area contributed by atoms with Crippen LogP contribution in [0.5, 0.6) is 0 Å². The van der Waals surface area contributed by atoms with Gasteiger partial charge in [0.05, 0.1) is 0 Å². The standard InChI is InChI=1S/C14H21N5/c1-4-8-19-9-7-16-14(19)11-10-13(15-6-3)18-12(5-2)17-11/h7,9-10H,4-6,8H2,1-3H3,(H,15,17,18). The summed E-state index contributed by atoms with van der Waals surface area (Å²) in [5, 5.41) is 3.25. The zero-order chi connectivity index (χ0) is 13.7. The molecule has 0 amide bonds. The highest BCUT2D eigenvalue weighted by atomic mass is 15.1. The molecule has 2 aromatic heterocycles. The summed E-state index contributed by atoms with van der Waals surface area (Å²) in [6.45, 7) is 8.09. The molecule has 0 spiro atoms. The Morgan fingerprint density at radius 1 is 1.21 bits per heavy atom. The average molecular weight is 259 g/mol. The van der Waals surface area contributed by atoms with E-state index >= 15 is 0 Å². The summed E-state index contributed by atoms with van der Waals surface area (Å²) >= 11 is 0. The first-order chi connectivity index (χ1) is 9.28. The van der Waals surface area contributed by atoms with Crippen LogP contribution >= 0.6 is 0 Å². The molecule has 19 heavy (non-hydrogen) atoms. The summed E-state index contributed by atoms with van der Waals surface area (Å²) in [5.74, 6) is 2.63. The Labute approximate surface area is 114 Å². The lowest BCUT2D eigenvalue weighted by atomic mass is 10.3. The van der Waals surface area contributed by atoms with E-state index < -0.39 is 0 Å². The maximum atomic E-state index is 4.59. The summed E-state index contributed by atoms with van der Waals surface area (Å²) in [6, 6.07) is 1.97. The van der Waals surface area contributed by atoms with E-state index in [-0.39, 0.29) is 0 Å². The Bertz CT molecular complexity index is 532. The third-order valence-electron chi connectivity index (χ3n) is 2.86. The lowest BCUT2D eigenvalue weighted by Gasteiger charge is -2.09. The van der Waals surface area contributed by atoms with Crippen molar-refractivity contribution in [2.45, 2.75) is 40.2 Å². The summed E-state index contributed by atoms with van der Waals surface area (Å²) < 4.78 is 2.14. The van der Waals surface area contributed by atoms with Gasteiger partial charge in [0.1, 0.15) is 17.3 Å². The third-order valence-corrected chi connectivity index (χ3v) is 2.86. The highest BCUT2D eigenvalue weighted by molar-refractivity contribution is 5.55. The van der Waals surface area contributed by atoms with E-state index in [9.17, 15) is 0 Å². The van der Waals surface area contributed by atoms with Crippen molar-refractivity contribution in [1.82, 2.24) is 19.5 Å². The van der Waals surface area contributed by atoms with Crippen LogP contribution in [-0.4, -0.2) is 26.1 Å². The molecule has 0 aliphatic heterocycles. The molecule has 0 aliphatic rings. The summed E-state index contributed by atoms with van der Waals surface area (Å²) in [7, 11) is 0. The minimum absolute atomic E-state index is 0.820. The van der Waals surface area contributed by atoms with Crippen LogP contribution in [0.25, 0.3) is 11.5 Å². The van der Waals surface area contributed by atoms with Crippen molar-refractivity contribution >= 4 is 5.82 Å². The largest absolute Gasteiger partial charge is 0.370 e. The van der Waals surface area contributed by atoms with Crippen molar-refractivity contribution in [3.63, 3.8) is 0 Å². The molecule has 0 saturated carbocycles. The van der Waals surface area contributed by atoms with Gasteiger partial charge in [-0.2, -0.15) is 0 Å². The number of rotatable bonds is 6. The number of aryl methyl sites for hydroxylation is 2. The van der Waals surface area contributed by atoms with Crippen molar-refractivity contribution in [3.05, 3.63) is 24.3 Å². The van der Waals surface area contributed by atoms with Gasteiger partial charge in [0.2, 0.25) is 0 Å². The molecule has 0 atom stereocenters. The van der Waals surface area contributed by atoms with E-state index in [0.29, 0.717) is 0 Å². The average Bonchev–Trinajstić information content (AvgIpc) is 2.87. The van der Waals surface area contributed by atoms with E-state index in [1.807, 2.05) is 18.5 Å². The van der Waals surface area contributed by atoms with Gasteiger partial charge in [-0.05, 0) is 13.3 Å². The van der Waals surface area contributed by atoms with Gasteiger partial charge < -0.3 is 9.88 Å². The number of hydrogen-bond donors (Lipinski definition) is 1. The van der Waals surface area contributed by atoms with Crippen LogP contribution in [0.1, 0.15) is 33.0 Å². The zero-order valence-corrected chi connectivity index (χ0v) is 11.8. The van der Waals surface area contributed by atoms with Crippen LogP contribution in [0.3, 0.4) is 0 Å². The van der Waals surface area contributed by atoms with Gasteiger partial charge in [0, 0.05) is 38.0 Å². The summed E-state index contributed by atoms with van der Waals surface area (Å²) in [4.78, 5) is 13.5. The minimum Gasteiger partial charge on any atom is -0.370 e. The highest BCUT2D eigenvalue weighted by Gasteiger charge is 2.10. The molecule has 0 fully saturated rings. The number of anilines is 1. The molecule has 5 heteroatoms. The molecule has 1 N–H and O–H groups in total. The molecular formula is C14H21N5. The Hall–Kier alpha value is -1.91. The number of nitrogens with zero attached hydrogens (tertiary/aromatic N) is 4. The fourth-order valence-corrected chi connectivity index (χ4v) is 2.01. The number of hydrogen-bond acceptors (Lipinski definition) is 4. The van der Waals surface area contributed by atoms with Crippen LogP contribution in [0.2, 0.25) is 0 Å². The Kier molecular flexibility index (Phi) is 4.49. The van der Waals surface area contributed by atoms with Crippen LogP contribution < -0.4 is 5.32 Å². The summed E-state index contributed by atoms with van der Waals surface area (Å²) in [6.07, 6.45) is 5.72. The first-order valence-corrected chi connectivity index (χ1v) is 6.91. The van der Waals surface area contributed by atoms with E-state index in [0.717, 1.165) is 49.1 Å². The van der Waals surface area contributed by atoms with Crippen molar-refractivity contribution in [2.75, 3.05) is 11.9 Å². The van der Waals surface area contributed by atoms with Gasteiger partial charge in [-0.3, -0.25) is 0 Å². The molecule has 2 aromatic rings. The SMILES string of the molecule is CCCn1ccnc1-c1cc(NCC)nc(CC)n1. The van der Waals surface area contributed by atoms with Crippen LogP contribution in [-0.2, 0) is 13.0 Å². The molecule has 0 bridgehead atoms. The lowest BCUT2D eigenvalue weighted by molar-refractivity contribution is 0.683. The van der Waals surface area contributed by atoms with Gasteiger partial charge in [-0.1, -0.05) is 13.8 Å². The Morgan fingerprint density at radius 3 is 2.74 bits per heavy atom. The molecule has 0 aromatic carbocycles. The maximum Gasteiger partial charge on any atom is 0.158 e. The summed E-state index contributed by atoms with van der Waals surface area (Å²) in [5.41, 5.74) is 0.890. The molecule has 0 saturated heterocycles. The Balaban J connectivity index is 2.42. The van der Waals surface area contributed by atoms with Gasteiger partial charge in [0.15, 0.2) is 5.82 Å². The van der Waals surface area contributed by atoms with Gasteiger partial charge >= 0.3 is 0 Å². The molecular weight excluding hydrogens is 238 g/mol. The lowest BCUT2D eigenvalue weighted by Crippen LogP contribution is -2.06. The molecule has 0 unspecified atom stereocenters. The van der Waals surface area contributed by atoms with E-state index in [1.165, 1.54) is 0 Å². The number of aromatic nitrogens is 4. The van der Waals surface area contributed by atoms with E-state index in [1.54, 1.807) is 0 Å². The molecule has 0 radical (unpaired) electrons. The topological polar surface area (TPSA) is 55.6 Å². The molecule has 102 valence electrons. The highest BCUT2D eigenvalue weighted by Crippen LogP contribution is 2.19. The van der Waals surface area contributed by atoms with Crippen molar-refractivity contribution in [1.29, 1.82) is 0 Å². The quantitative estimate of drug-likeness (QED) is 0.866.